The van der Waals surface area contributed by atoms with Crippen molar-refractivity contribution < 1.29 is 9.53 Å². The quantitative estimate of drug-likeness (QED) is 0.785. The van der Waals surface area contributed by atoms with Crippen LogP contribution in [0.15, 0.2) is 24.4 Å². The fourth-order valence-electron chi connectivity index (χ4n) is 2.26. The Morgan fingerprint density at radius 1 is 1.47 bits per heavy atom. The van der Waals surface area contributed by atoms with Crippen LogP contribution in [-0.4, -0.2) is 29.9 Å². The van der Waals surface area contributed by atoms with E-state index in [4.69, 9.17) is 4.74 Å². The SMILES string of the molecule is COc1ncccc1C1=CCC(C)(C)CCN1C=O. The molecule has 1 aliphatic rings. The predicted molar refractivity (Wildman–Crippen MR) is 74.6 cm³/mol. The normalized spacial score (nSPS) is 18.5. The highest BCUT2D eigenvalue weighted by atomic mass is 16.5. The summed E-state index contributed by atoms with van der Waals surface area (Å²) < 4.78 is 5.29. The van der Waals surface area contributed by atoms with E-state index in [-0.39, 0.29) is 5.41 Å². The highest BCUT2D eigenvalue weighted by Gasteiger charge is 2.25. The fraction of sp³-hybridized carbons (Fsp3) is 0.467. The van der Waals surface area contributed by atoms with Crippen LogP contribution in [0.1, 0.15) is 32.3 Å². The number of amides is 1. The minimum absolute atomic E-state index is 0.207. The fourth-order valence-corrected chi connectivity index (χ4v) is 2.26. The number of nitrogens with zero attached hydrogens (tertiary/aromatic N) is 2. The minimum Gasteiger partial charge on any atom is -0.481 e. The molecule has 0 aromatic carbocycles. The van der Waals surface area contributed by atoms with Crippen molar-refractivity contribution in [1.29, 1.82) is 0 Å². The maximum Gasteiger partial charge on any atom is 0.222 e. The topological polar surface area (TPSA) is 42.4 Å². The van der Waals surface area contributed by atoms with Crippen LogP contribution in [-0.2, 0) is 4.79 Å². The number of rotatable bonds is 3. The van der Waals surface area contributed by atoms with Crippen molar-refractivity contribution in [3.8, 4) is 5.88 Å². The van der Waals surface area contributed by atoms with Gasteiger partial charge in [0.05, 0.1) is 18.4 Å². The van der Waals surface area contributed by atoms with Gasteiger partial charge in [-0.3, -0.25) is 4.79 Å². The number of pyridine rings is 1. The molecule has 4 heteroatoms. The van der Waals surface area contributed by atoms with Gasteiger partial charge >= 0.3 is 0 Å². The average molecular weight is 260 g/mol. The smallest absolute Gasteiger partial charge is 0.222 e. The Labute approximate surface area is 114 Å². The summed E-state index contributed by atoms with van der Waals surface area (Å²) in [5.74, 6) is 0.556. The molecule has 1 aromatic rings. The van der Waals surface area contributed by atoms with E-state index in [1.54, 1.807) is 18.2 Å². The van der Waals surface area contributed by atoms with Gasteiger partial charge < -0.3 is 9.64 Å². The first-order valence-electron chi connectivity index (χ1n) is 6.49. The Balaban J connectivity index is 2.44. The van der Waals surface area contributed by atoms with Crippen molar-refractivity contribution >= 4 is 12.1 Å². The molecule has 0 saturated carbocycles. The minimum atomic E-state index is 0.207. The van der Waals surface area contributed by atoms with Gasteiger partial charge in [0.25, 0.3) is 0 Å². The highest BCUT2D eigenvalue weighted by Crippen LogP contribution is 2.35. The summed E-state index contributed by atoms with van der Waals surface area (Å²) in [5.41, 5.74) is 1.97. The van der Waals surface area contributed by atoms with E-state index in [9.17, 15) is 4.79 Å². The maximum atomic E-state index is 11.3. The van der Waals surface area contributed by atoms with Crippen LogP contribution in [0.4, 0.5) is 0 Å². The number of carbonyl (C=O) groups excluding carboxylic acids is 1. The summed E-state index contributed by atoms with van der Waals surface area (Å²) in [7, 11) is 1.60. The molecule has 1 aromatic heterocycles. The van der Waals surface area contributed by atoms with Crippen molar-refractivity contribution in [2.24, 2.45) is 5.41 Å². The van der Waals surface area contributed by atoms with Crippen molar-refractivity contribution in [3.63, 3.8) is 0 Å². The second-order valence-electron chi connectivity index (χ2n) is 5.57. The highest BCUT2D eigenvalue weighted by molar-refractivity contribution is 5.76. The van der Waals surface area contributed by atoms with Gasteiger partial charge in [-0.05, 0) is 30.4 Å². The maximum absolute atomic E-state index is 11.3. The Hall–Kier alpha value is -1.84. The first kappa shape index (κ1) is 13.6. The van der Waals surface area contributed by atoms with Gasteiger partial charge in [0.2, 0.25) is 12.3 Å². The third-order valence-corrected chi connectivity index (χ3v) is 3.55. The number of carbonyl (C=O) groups is 1. The van der Waals surface area contributed by atoms with E-state index in [1.165, 1.54) is 0 Å². The average Bonchev–Trinajstić information content (AvgIpc) is 2.57. The van der Waals surface area contributed by atoms with Crippen LogP contribution in [0.2, 0.25) is 0 Å². The monoisotopic (exact) mass is 260 g/mol. The molecule has 0 aliphatic carbocycles. The van der Waals surface area contributed by atoms with Gasteiger partial charge in [0.15, 0.2) is 0 Å². The number of methoxy groups -OCH3 is 1. The van der Waals surface area contributed by atoms with E-state index in [0.29, 0.717) is 5.88 Å². The number of ether oxygens (including phenoxy) is 1. The molecule has 2 rings (SSSR count). The van der Waals surface area contributed by atoms with E-state index in [2.05, 4.69) is 24.9 Å². The summed E-state index contributed by atoms with van der Waals surface area (Å²) in [6, 6.07) is 3.80. The van der Waals surface area contributed by atoms with Crippen molar-refractivity contribution in [3.05, 3.63) is 30.0 Å². The first-order valence-corrected chi connectivity index (χ1v) is 6.49. The Bertz CT molecular complexity index is 495. The molecule has 0 atom stereocenters. The van der Waals surface area contributed by atoms with Gasteiger partial charge in [-0.25, -0.2) is 4.98 Å². The van der Waals surface area contributed by atoms with Gasteiger partial charge in [-0.1, -0.05) is 19.9 Å². The zero-order chi connectivity index (χ0) is 13.9. The zero-order valence-corrected chi connectivity index (χ0v) is 11.7. The lowest BCUT2D eigenvalue weighted by Gasteiger charge is -2.23. The van der Waals surface area contributed by atoms with Crippen LogP contribution >= 0.6 is 0 Å². The number of hydrogen-bond acceptors (Lipinski definition) is 3. The van der Waals surface area contributed by atoms with Gasteiger partial charge in [-0.2, -0.15) is 0 Å². The lowest BCUT2D eigenvalue weighted by atomic mass is 9.86. The Morgan fingerprint density at radius 2 is 2.26 bits per heavy atom. The van der Waals surface area contributed by atoms with Gasteiger partial charge in [-0.15, -0.1) is 0 Å². The molecule has 1 aliphatic heterocycles. The second kappa shape index (κ2) is 5.43. The molecule has 0 saturated heterocycles. The van der Waals surface area contributed by atoms with Crippen LogP contribution < -0.4 is 4.74 Å². The largest absolute Gasteiger partial charge is 0.481 e. The molecule has 0 radical (unpaired) electrons. The molecule has 2 heterocycles. The van der Waals surface area contributed by atoms with Crippen molar-refractivity contribution in [2.45, 2.75) is 26.7 Å². The molecular formula is C15H20N2O2. The van der Waals surface area contributed by atoms with Crippen LogP contribution in [0.25, 0.3) is 5.70 Å². The Morgan fingerprint density at radius 3 is 2.95 bits per heavy atom. The van der Waals surface area contributed by atoms with Gasteiger partial charge in [0.1, 0.15) is 0 Å². The lowest BCUT2D eigenvalue weighted by molar-refractivity contribution is -0.115. The molecule has 0 spiro atoms. The number of aromatic nitrogens is 1. The molecule has 0 N–H and O–H groups in total. The van der Waals surface area contributed by atoms with Crippen LogP contribution in [0.3, 0.4) is 0 Å². The Kier molecular flexibility index (Phi) is 3.88. The molecule has 0 bridgehead atoms. The molecule has 4 nitrogen and oxygen atoms in total. The third-order valence-electron chi connectivity index (χ3n) is 3.55. The standard InChI is InChI=1S/C15H20N2O2/c1-15(2)7-6-13(17(11-18)10-8-15)12-5-4-9-16-14(12)19-3/h4-6,9,11H,7-8,10H2,1-3H3. The predicted octanol–water partition coefficient (Wildman–Crippen LogP) is 2.71. The molecule has 0 unspecified atom stereocenters. The molecule has 0 fully saturated rings. The first-order chi connectivity index (χ1) is 9.07. The van der Waals surface area contributed by atoms with Crippen molar-refractivity contribution in [2.75, 3.05) is 13.7 Å². The summed E-state index contributed by atoms with van der Waals surface area (Å²) in [5, 5.41) is 0. The third kappa shape index (κ3) is 2.95. The van der Waals surface area contributed by atoms with E-state index >= 15 is 0 Å². The summed E-state index contributed by atoms with van der Waals surface area (Å²) in [6.45, 7) is 5.16. The number of allylic oxidation sites excluding steroid dienone is 1. The van der Waals surface area contributed by atoms with Crippen molar-refractivity contribution in [1.82, 2.24) is 9.88 Å². The van der Waals surface area contributed by atoms with Crippen LogP contribution in [0.5, 0.6) is 5.88 Å². The van der Waals surface area contributed by atoms with Gasteiger partial charge in [0, 0.05) is 12.7 Å². The molecule has 102 valence electrons. The second-order valence-corrected chi connectivity index (χ2v) is 5.57. The van der Waals surface area contributed by atoms with E-state index in [1.807, 2.05) is 12.1 Å². The summed E-state index contributed by atoms with van der Waals surface area (Å²) >= 11 is 0. The molecule has 1 amide bonds. The van der Waals surface area contributed by atoms with Crippen LogP contribution in [0, 0.1) is 5.41 Å². The molecular weight excluding hydrogens is 240 g/mol. The lowest BCUT2D eigenvalue weighted by Crippen LogP contribution is -2.23. The molecule has 19 heavy (non-hydrogen) atoms. The van der Waals surface area contributed by atoms with E-state index < -0.39 is 0 Å². The number of hydrogen-bond donors (Lipinski definition) is 0. The zero-order valence-electron chi connectivity index (χ0n) is 11.7. The summed E-state index contributed by atoms with van der Waals surface area (Å²) in [6.07, 6.45) is 6.61. The van der Waals surface area contributed by atoms with E-state index in [0.717, 1.165) is 37.1 Å². The summed E-state index contributed by atoms with van der Waals surface area (Å²) in [4.78, 5) is 17.3.